The van der Waals surface area contributed by atoms with Gasteiger partial charge in [-0.15, -0.1) is 0 Å². The predicted molar refractivity (Wildman–Crippen MR) is 130 cm³/mol. The Kier molecular flexibility index (Phi) is 6.48. The Morgan fingerprint density at radius 2 is 1.75 bits per heavy atom. The number of aromatic nitrogens is 2. The van der Waals surface area contributed by atoms with Crippen LogP contribution < -0.4 is 20.2 Å². The van der Waals surface area contributed by atoms with E-state index < -0.39 is 24.1 Å². The number of fused-ring (bicyclic) bond motifs is 1. The SMILES string of the molecule is CC(=O)N1c2ccc(-c3cnn(C4CCNCC4)c3)cc2N(C(=O)[O-])C(C2CCC(F)(F)CC2)[C@@H]1C. The summed E-state index contributed by atoms with van der Waals surface area (Å²) >= 11 is 0. The average molecular weight is 501 g/mol. The first-order valence-corrected chi connectivity index (χ1v) is 12.7. The van der Waals surface area contributed by atoms with Crippen LogP contribution in [0, 0.1) is 5.92 Å². The number of nitrogens with one attached hydrogen (secondary N) is 1. The van der Waals surface area contributed by atoms with Crippen LogP contribution in [-0.2, 0) is 4.79 Å². The molecule has 36 heavy (non-hydrogen) atoms. The van der Waals surface area contributed by atoms with Crippen molar-refractivity contribution in [1.29, 1.82) is 0 Å². The van der Waals surface area contributed by atoms with E-state index in [0.29, 0.717) is 17.4 Å². The Balaban J connectivity index is 1.53. The Morgan fingerprint density at radius 3 is 2.39 bits per heavy atom. The lowest BCUT2D eigenvalue weighted by molar-refractivity contribution is -0.247. The number of hydrogen-bond donors (Lipinski definition) is 1. The monoisotopic (exact) mass is 500 g/mol. The topological polar surface area (TPSA) is 93.5 Å². The second kappa shape index (κ2) is 9.46. The van der Waals surface area contributed by atoms with Gasteiger partial charge in [-0.2, -0.15) is 5.10 Å². The van der Waals surface area contributed by atoms with E-state index in [9.17, 15) is 23.5 Å². The number of amides is 2. The molecule has 1 N–H and O–H groups in total. The van der Waals surface area contributed by atoms with E-state index >= 15 is 0 Å². The van der Waals surface area contributed by atoms with Gasteiger partial charge in [-0.1, -0.05) is 6.07 Å². The summed E-state index contributed by atoms with van der Waals surface area (Å²) in [5, 5.41) is 20.4. The van der Waals surface area contributed by atoms with E-state index in [1.807, 2.05) is 16.9 Å². The van der Waals surface area contributed by atoms with Crippen LogP contribution >= 0.6 is 0 Å². The molecule has 3 aliphatic rings. The minimum Gasteiger partial charge on any atom is -0.530 e. The van der Waals surface area contributed by atoms with Crippen molar-refractivity contribution in [3.05, 3.63) is 30.6 Å². The highest BCUT2D eigenvalue weighted by molar-refractivity contribution is 6.03. The standard InChI is InChI=1S/C26H33F2N5O3/c1-16-24(18-5-9-26(27,28)10-6-18)33(25(35)36)23-13-19(3-4-22(23)32(16)17(2)34)20-14-30-31(15-20)21-7-11-29-12-8-21/h3-4,13-16,18,21,24,29H,5-12H2,1-2H3,(H,35,36)/p-1/t16-,24?/m0/s1. The van der Waals surface area contributed by atoms with Gasteiger partial charge in [0.15, 0.2) is 0 Å². The van der Waals surface area contributed by atoms with E-state index in [1.165, 1.54) is 11.8 Å². The molecule has 1 unspecified atom stereocenters. The molecule has 1 aliphatic carbocycles. The number of hydrogen-bond acceptors (Lipinski definition) is 5. The molecule has 2 aromatic rings. The Hall–Kier alpha value is -3.01. The van der Waals surface area contributed by atoms with Crippen LogP contribution in [0.3, 0.4) is 0 Å². The molecule has 194 valence electrons. The van der Waals surface area contributed by atoms with Crippen molar-refractivity contribution in [3.63, 3.8) is 0 Å². The van der Waals surface area contributed by atoms with Crippen LogP contribution in [0.4, 0.5) is 25.0 Å². The van der Waals surface area contributed by atoms with Crippen molar-refractivity contribution in [2.24, 2.45) is 5.92 Å². The van der Waals surface area contributed by atoms with Gasteiger partial charge in [0.25, 0.3) is 0 Å². The second-order valence-electron chi connectivity index (χ2n) is 10.3. The molecule has 2 aliphatic heterocycles. The number of carbonyl (C=O) groups is 2. The molecule has 0 radical (unpaired) electrons. The van der Waals surface area contributed by atoms with Crippen LogP contribution in [0.2, 0.25) is 0 Å². The fraction of sp³-hybridized carbons (Fsp3) is 0.577. The van der Waals surface area contributed by atoms with Gasteiger partial charge in [-0.3, -0.25) is 9.48 Å². The molecular weight excluding hydrogens is 468 g/mol. The zero-order valence-corrected chi connectivity index (χ0v) is 20.6. The minimum absolute atomic E-state index is 0.190. The zero-order chi connectivity index (χ0) is 25.6. The molecule has 2 atom stereocenters. The first kappa shape index (κ1) is 24.7. The Labute approximate surface area is 209 Å². The molecule has 10 heteroatoms. The lowest BCUT2D eigenvalue weighted by atomic mass is 9.77. The van der Waals surface area contributed by atoms with Crippen LogP contribution in [-0.4, -0.2) is 52.9 Å². The summed E-state index contributed by atoms with van der Waals surface area (Å²) in [7, 11) is 0. The number of halogens is 2. The van der Waals surface area contributed by atoms with E-state index in [0.717, 1.165) is 37.1 Å². The van der Waals surface area contributed by atoms with Crippen molar-refractivity contribution in [2.75, 3.05) is 22.9 Å². The third-order valence-corrected chi connectivity index (χ3v) is 8.09. The third-order valence-electron chi connectivity index (χ3n) is 8.09. The van der Waals surface area contributed by atoms with Gasteiger partial charge in [-0.05, 0) is 69.3 Å². The van der Waals surface area contributed by atoms with Crippen LogP contribution in [0.5, 0.6) is 0 Å². The Bertz CT molecular complexity index is 1140. The molecule has 0 bridgehead atoms. The molecule has 5 rings (SSSR count). The largest absolute Gasteiger partial charge is 0.530 e. The first-order chi connectivity index (χ1) is 17.2. The minimum atomic E-state index is -2.74. The fourth-order valence-electron chi connectivity index (χ4n) is 6.29. The summed E-state index contributed by atoms with van der Waals surface area (Å²) in [6, 6.07) is 4.49. The van der Waals surface area contributed by atoms with Crippen molar-refractivity contribution in [3.8, 4) is 11.1 Å². The van der Waals surface area contributed by atoms with E-state index in [4.69, 9.17) is 0 Å². The number of piperidine rings is 1. The molecule has 1 saturated carbocycles. The number of carboxylic acid groups (broad SMARTS) is 1. The molecule has 1 saturated heterocycles. The third kappa shape index (κ3) is 4.47. The number of anilines is 2. The molecule has 0 spiro atoms. The normalized spacial score (nSPS) is 25.0. The van der Waals surface area contributed by atoms with Gasteiger partial charge < -0.3 is 25.0 Å². The van der Waals surface area contributed by atoms with Gasteiger partial charge in [0, 0.05) is 31.5 Å². The van der Waals surface area contributed by atoms with Gasteiger partial charge in [0.05, 0.1) is 35.7 Å². The van der Waals surface area contributed by atoms with Crippen LogP contribution in [0.1, 0.15) is 58.4 Å². The quantitative estimate of drug-likeness (QED) is 0.696. The Morgan fingerprint density at radius 1 is 1.06 bits per heavy atom. The molecule has 1 aromatic carbocycles. The maximum atomic E-state index is 13.9. The average Bonchev–Trinajstić information content (AvgIpc) is 3.34. The molecule has 2 fully saturated rings. The molecule has 3 heterocycles. The molecule has 8 nitrogen and oxygen atoms in total. The van der Waals surface area contributed by atoms with Crippen molar-refractivity contribution in [1.82, 2.24) is 15.1 Å². The number of nitrogens with zero attached hydrogens (tertiary/aromatic N) is 4. The van der Waals surface area contributed by atoms with Crippen LogP contribution in [0.25, 0.3) is 11.1 Å². The molecule has 2 amide bonds. The number of carbonyl (C=O) groups excluding carboxylic acids is 2. The smallest absolute Gasteiger partial charge is 0.248 e. The highest BCUT2D eigenvalue weighted by atomic mass is 19.3. The molecule has 1 aromatic heterocycles. The van der Waals surface area contributed by atoms with Crippen molar-refractivity contribution in [2.45, 2.75) is 76.4 Å². The van der Waals surface area contributed by atoms with Gasteiger partial charge in [-0.25, -0.2) is 8.78 Å². The van der Waals surface area contributed by atoms with Crippen molar-refractivity contribution < 1.29 is 23.5 Å². The van der Waals surface area contributed by atoms with E-state index in [-0.39, 0.29) is 37.5 Å². The fourth-order valence-corrected chi connectivity index (χ4v) is 6.29. The summed E-state index contributed by atoms with van der Waals surface area (Å²) < 4.78 is 29.8. The lowest BCUT2D eigenvalue weighted by Gasteiger charge is -2.51. The summed E-state index contributed by atoms with van der Waals surface area (Å²) in [5.41, 5.74) is 2.44. The second-order valence-corrected chi connectivity index (χ2v) is 10.3. The zero-order valence-electron chi connectivity index (χ0n) is 20.6. The molecular formula is C26H32F2N5O3-. The highest BCUT2D eigenvalue weighted by Gasteiger charge is 2.46. The van der Waals surface area contributed by atoms with Crippen molar-refractivity contribution >= 4 is 23.4 Å². The highest BCUT2D eigenvalue weighted by Crippen LogP contribution is 2.47. The maximum Gasteiger partial charge on any atom is 0.248 e. The van der Waals surface area contributed by atoms with E-state index in [2.05, 4.69) is 10.4 Å². The van der Waals surface area contributed by atoms with Gasteiger partial charge in [0.2, 0.25) is 11.8 Å². The number of alkyl halides is 2. The number of rotatable bonds is 3. The van der Waals surface area contributed by atoms with Crippen LogP contribution in [0.15, 0.2) is 30.6 Å². The summed E-state index contributed by atoms with van der Waals surface area (Å²) in [6.07, 6.45) is 4.11. The van der Waals surface area contributed by atoms with Gasteiger partial charge >= 0.3 is 0 Å². The maximum absolute atomic E-state index is 13.9. The van der Waals surface area contributed by atoms with E-state index in [1.54, 1.807) is 30.2 Å². The lowest BCUT2D eigenvalue weighted by Crippen LogP contribution is -2.63. The summed E-state index contributed by atoms with van der Waals surface area (Å²) in [4.78, 5) is 28.0. The summed E-state index contributed by atoms with van der Waals surface area (Å²) in [6.45, 7) is 5.10. The summed E-state index contributed by atoms with van der Waals surface area (Å²) in [5.74, 6) is -3.26. The first-order valence-electron chi connectivity index (χ1n) is 12.7. The van der Waals surface area contributed by atoms with Gasteiger partial charge in [0.1, 0.15) is 6.09 Å². The number of benzene rings is 1. The predicted octanol–water partition coefficient (Wildman–Crippen LogP) is 3.57.